The molecule has 1 aromatic heterocycles. The van der Waals surface area contributed by atoms with E-state index in [1.54, 1.807) is 13.0 Å². The number of aromatic nitrogens is 1. The van der Waals surface area contributed by atoms with Gasteiger partial charge in [-0.25, -0.2) is 4.79 Å². The van der Waals surface area contributed by atoms with E-state index in [2.05, 4.69) is 25.4 Å². The molecule has 0 bridgehead atoms. The van der Waals surface area contributed by atoms with E-state index in [1.807, 2.05) is 36.4 Å². The van der Waals surface area contributed by atoms with Crippen LogP contribution in [0.5, 0.6) is 5.75 Å². The molecule has 6 nitrogen and oxygen atoms in total. The Morgan fingerprint density at radius 3 is 2.57 bits per heavy atom. The summed E-state index contributed by atoms with van der Waals surface area (Å²) in [5.41, 5.74) is 3.14. The smallest absolute Gasteiger partial charge is 0.340 e. The molecule has 1 aliphatic heterocycles. The van der Waals surface area contributed by atoms with E-state index in [4.69, 9.17) is 9.47 Å². The van der Waals surface area contributed by atoms with E-state index in [0.717, 1.165) is 30.0 Å². The van der Waals surface area contributed by atoms with Crippen LogP contribution in [0.15, 0.2) is 46.9 Å². The maximum Gasteiger partial charge on any atom is 0.340 e. The molecule has 0 atom stereocenters. The molecule has 1 fully saturated rings. The summed E-state index contributed by atoms with van der Waals surface area (Å²) in [5, 5.41) is 11.0. The second-order valence-electron chi connectivity index (χ2n) is 6.92. The highest BCUT2D eigenvalue weighted by atomic mass is 79.9. The molecule has 0 spiro atoms. The minimum atomic E-state index is -0.378. The quantitative estimate of drug-likeness (QED) is 0.527. The van der Waals surface area contributed by atoms with Crippen molar-refractivity contribution in [3.63, 3.8) is 0 Å². The number of fused-ring (bicyclic) bond motifs is 1. The standard InChI is InChI=1S/C22H23BrN2O4.ClH/c1-2-29-22(27)21-16-12-20(26)17(23)13-18(16)25(15-6-4-3-5-7-15)19(21)14-24-8-10-28-11-9-24;/h3-7,12-13,26H,2,8-11,14H2,1H3;1H. The lowest BCUT2D eigenvalue weighted by Gasteiger charge is -2.27. The first kappa shape index (κ1) is 22.6. The van der Waals surface area contributed by atoms with Crippen molar-refractivity contribution in [2.75, 3.05) is 32.9 Å². The van der Waals surface area contributed by atoms with Gasteiger partial charge in [-0.15, -0.1) is 12.4 Å². The fourth-order valence-corrected chi connectivity index (χ4v) is 4.10. The van der Waals surface area contributed by atoms with Crippen molar-refractivity contribution in [3.8, 4) is 11.4 Å². The SMILES string of the molecule is CCOC(=O)c1c(CN2CCOCC2)n(-c2ccccc2)c2cc(Br)c(O)cc12.Cl. The molecule has 2 aromatic carbocycles. The molecule has 0 saturated carbocycles. The van der Waals surface area contributed by atoms with E-state index >= 15 is 0 Å². The van der Waals surface area contributed by atoms with Gasteiger partial charge in [-0.05, 0) is 47.1 Å². The summed E-state index contributed by atoms with van der Waals surface area (Å²) in [6.07, 6.45) is 0. The third-order valence-electron chi connectivity index (χ3n) is 5.10. The highest BCUT2D eigenvalue weighted by Gasteiger charge is 2.27. The zero-order chi connectivity index (χ0) is 20.4. The number of ether oxygens (including phenoxy) is 2. The number of carbonyl (C=O) groups is 1. The van der Waals surface area contributed by atoms with Gasteiger partial charge in [-0.3, -0.25) is 4.90 Å². The minimum Gasteiger partial charge on any atom is -0.507 e. The number of aromatic hydroxyl groups is 1. The monoisotopic (exact) mass is 494 g/mol. The van der Waals surface area contributed by atoms with Gasteiger partial charge in [-0.2, -0.15) is 0 Å². The van der Waals surface area contributed by atoms with Crippen LogP contribution in [0.3, 0.4) is 0 Å². The maximum atomic E-state index is 13.0. The summed E-state index contributed by atoms with van der Waals surface area (Å²) >= 11 is 3.42. The number of benzene rings is 2. The Hall–Kier alpha value is -2.06. The van der Waals surface area contributed by atoms with Crippen LogP contribution < -0.4 is 0 Å². The van der Waals surface area contributed by atoms with Crippen molar-refractivity contribution in [3.05, 3.63) is 58.2 Å². The maximum absolute atomic E-state index is 13.0. The highest BCUT2D eigenvalue weighted by Crippen LogP contribution is 2.37. The predicted octanol–water partition coefficient (Wildman–Crippen LogP) is 4.53. The number of phenolic OH excluding ortho intramolecular Hbond substituents is 1. The molecule has 0 aliphatic carbocycles. The molecular weight excluding hydrogens is 472 g/mol. The highest BCUT2D eigenvalue weighted by molar-refractivity contribution is 9.10. The molecule has 2 heterocycles. The Labute approximate surface area is 189 Å². The zero-order valence-electron chi connectivity index (χ0n) is 16.6. The van der Waals surface area contributed by atoms with Crippen LogP contribution in [-0.2, 0) is 16.0 Å². The number of nitrogens with zero attached hydrogens (tertiary/aromatic N) is 2. The van der Waals surface area contributed by atoms with Crippen molar-refractivity contribution in [2.45, 2.75) is 13.5 Å². The summed E-state index contributed by atoms with van der Waals surface area (Å²) in [6.45, 7) is 5.61. The average Bonchev–Trinajstić information content (AvgIpc) is 3.02. The number of carbonyl (C=O) groups excluding carboxylic acids is 1. The minimum absolute atomic E-state index is 0. The molecule has 8 heteroatoms. The lowest BCUT2D eigenvalue weighted by molar-refractivity contribution is 0.0329. The van der Waals surface area contributed by atoms with E-state index in [1.165, 1.54) is 0 Å². The van der Waals surface area contributed by atoms with Gasteiger partial charge < -0.3 is 19.1 Å². The van der Waals surface area contributed by atoms with Crippen LogP contribution in [0.4, 0.5) is 0 Å². The van der Waals surface area contributed by atoms with Crippen LogP contribution in [-0.4, -0.2) is 53.5 Å². The molecule has 1 N–H and O–H groups in total. The number of morpholine rings is 1. The fourth-order valence-electron chi connectivity index (χ4n) is 3.77. The topological polar surface area (TPSA) is 63.9 Å². The summed E-state index contributed by atoms with van der Waals surface area (Å²) in [5.74, 6) is -0.289. The molecule has 0 unspecified atom stereocenters. The van der Waals surface area contributed by atoms with Gasteiger partial charge >= 0.3 is 5.97 Å². The number of para-hydroxylation sites is 1. The van der Waals surface area contributed by atoms with Gasteiger partial charge in [0.15, 0.2) is 0 Å². The van der Waals surface area contributed by atoms with Crippen LogP contribution in [0, 0.1) is 0 Å². The Morgan fingerprint density at radius 2 is 1.90 bits per heavy atom. The summed E-state index contributed by atoms with van der Waals surface area (Å²) < 4.78 is 13.5. The van der Waals surface area contributed by atoms with E-state index in [9.17, 15) is 9.90 Å². The van der Waals surface area contributed by atoms with Crippen LogP contribution in [0.1, 0.15) is 23.0 Å². The third-order valence-corrected chi connectivity index (χ3v) is 5.74. The van der Waals surface area contributed by atoms with Gasteiger partial charge in [0.25, 0.3) is 0 Å². The average molecular weight is 496 g/mol. The predicted molar refractivity (Wildman–Crippen MR) is 122 cm³/mol. The van der Waals surface area contributed by atoms with Crippen molar-refractivity contribution < 1.29 is 19.4 Å². The molecule has 3 aromatic rings. The normalized spacial score (nSPS) is 14.5. The number of rotatable bonds is 5. The second-order valence-corrected chi connectivity index (χ2v) is 7.78. The molecule has 1 aliphatic rings. The van der Waals surface area contributed by atoms with Crippen LogP contribution in [0.2, 0.25) is 0 Å². The van der Waals surface area contributed by atoms with Crippen molar-refractivity contribution in [2.24, 2.45) is 0 Å². The van der Waals surface area contributed by atoms with Gasteiger partial charge in [0.05, 0.1) is 41.1 Å². The molecular formula is C22H24BrClN2O4. The van der Waals surface area contributed by atoms with E-state index in [-0.39, 0.29) is 30.7 Å². The number of hydrogen-bond acceptors (Lipinski definition) is 5. The number of phenols is 1. The Kier molecular flexibility index (Phi) is 7.41. The number of hydrogen-bond donors (Lipinski definition) is 1. The van der Waals surface area contributed by atoms with Gasteiger partial charge in [0.1, 0.15) is 5.75 Å². The number of halogens is 2. The first-order valence-corrected chi connectivity index (χ1v) is 10.5. The molecule has 0 radical (unpaired) electrons. The Bertz CT molecular complexity index is 1030. The lowest BCUT2D eigenvalue weighted by atomic mass is 10.1. The van der Waals surface area contributed by atoms with Crippen molar-refractivity contribution >= 4 is 45.2 Å². The van der Waals surface area contributed by atoms with Gasteiger partial charge in [0, 0.05) is 30.7 Å². The summed E-state index contributed by atoms with van der Waals surface area (Å²) in [6, 6.07) is 13.4. The molecule has 4 rings (SSSR count). The third kappa shape index (κ3) is 4.34. The van der Waals surface area contributed by atoms with Crippen LogP contribution in [0.25, 0.3) is 16.6 Å². The number of esters is 1. The molecule has 30 heavy (non-hydrogen) atoms. The first-order valence-electron chi connectivity index (χ1n) is 9.68. The van der Waals surface area contributed by atoms with Crippen LogP contribution >= 0.6 is 28.3 Å². The first-order chi connectivity index (χ1) is 14.1. The Morgan fingerprint density at radius 1 is 1.20 bits per heavy atom. The van der Waals surface area contributed by atoms with Gasteiger partial charge in [-0.1, -0.05) is 18.2 Å². The zero-order valence-corrected chi connectivity index (χ0v) is 19.0. The second kappa shape index (κ2) is 9.83. The molecule has 1 saturated heterocycles. The van der Waals surface area contributed by atoms with E-state index < -0.39 is 0 Å². The fraction of sp³-hybridized carbons (Fsp3) is 0.318. The summed E-state index contributed by atoms with van der Waals surface area (Å²) in [4.78, 5) is 15.3. The Balaban J connectivity index is 0.00000256. The van der Waals surface area contributed by atoms with E-state index in [0.29, 0.717) is 35.2 Å². The largest absolute Gasteiger partial charge is 0.507 e. The molecule has 160 valence electrons. The van der Waals surface area contributed by atoms with Gasteiger partial charge in [0.2, 0.25) is 0 Å². The molecule has 0 amide bonds. The summed E-state index contributed by atoms with van der Waals surface area (Å²) in [7, 11) is 0. The lowest BCUT2D eigenvalue weighted by Crippen LogP contribution is -2.36. The van der Waals surface area contributed by atoms with Crippen molar-refractivity contribution in [1.82, 2.24) is 9.47 Å². The van der Waals surface area contributed by atoms with Crippen molar-refractivity contribution in [1.29, 1.82) is 0 Å².